The number of benzene rings is 1. The summed E-state index contributed by atoms with van der Waals surface area (Å²) in [5.74, 6) is 1.57. The van der Waals surface area contributed by atoms with E-state index in [-0.39, 0.29) is 6.04 Å². The fourth-order valence-corrected chi connectivity index (χ4v) is 2.15. The maximum atomic E-state index is 6.15. The Balaban J connectivity index is 2.32. The fraction of sp³-hybridized carbons (Fsp3) is 0.600. The van der Waals surface area contributed by atoms with Crippen LogP contribution in [-0.2, 0) is 0 Å². The van der Waals surface area contributed by atoms with E-state index in [1.807, 2.05) is 12.1 Å². The van der Waals surface area contributed by atoms with E-state index in [1.165, 1.54) is 5.56 Å². The summed E-state index contributed by atoms with van der Waals surface area (Å²) in [4.78, 5) is 0. The van der Waals surface area contributed by atoms with Gasteiger partial charge in [0.15, 0.2) is 0 Å². The number of hydrogen-bond acceptors (Lipinski definition) is 2. The standard InChI is InChI=1S/C15H25NO/c1-4-13(5-2)15(16)9-10-17-14-8-6-7-12(3)11-14/h6-8,11,13,15H,4-5,9-10,16H2,1-3H3. The Hall–Kier alpha value is -1.02. The molecule has 1 aromatic carbocycles. The topological polar surface area (TPSA) is 35.2 Å². The van der Waals surface area contributed by atoms with Gasteiger partial charge in [-0.15, -0.1) is 0 Å². The predicted molar refractivity (Wildman–Crippen MR) is 73.3 cm³/mol. The third-order valence-corrected chi connectivity index (χ3v) is 3.36. The van der Waals surface area contributed by atoms with E-state index < -0.39 is 0 Å². The molecule has 0 fully saturated rings. The Morgan fingerprint density at radius 2 is 1.94 bits per heavy atom. The van der Waals surface area contributed by atoms with Crippen LogP contribution in [0.15, 0.2) is 24.3 Å². The lowest BCUT2D eigenvalue weighted by Gasteiger charge is -2.21. The van der Waals surface area contributed by atoms with Gasteiger partial charge in [-0.2, -0.15) is 0 Å². The smallest absolute Gasteiger partial charge is 0.119 e. The fourth-order valence-electron chi connectivity index (χ4n) is 2.15. The summed E-state index contributed by atoms with van der Waals surface area (Å²) in [6.07, 6.45) is 3.24. The summed E-state index contributed by atoms with van der Waals surface area (Å²) >= 11 is 0. The first kappa shape index (κ1) is 14.0. The molecule has 2 nitrogen and oxygen atoms in total. The van der Waals surface area contributed by atoms with Crippen molar-refractivity contribution in [3.8, 4) is 5.75 Å². The second-order valence-electron chi connectivity index (χ2n) is 4.69. The van der Waals surface area contributed by atoms with Crippen LogP contribution in [0.2, 0.25) is 0 Å². The van der Waals surface area contributed by atoms with E-state index in [4.69, 9.17) is 10.5 Å². The Morgan fingerprint density at radius 1 is 1.24 bits per heavy atom. The molecule has 0 amide bonds. The average Bonchev–Trinajstić information content (AvgIpc) is 2.30. The van der Waals surface area contributed by atoms with Crippen LogP contribution in [-0.4, -0.2) is 12.6 Å². The van der Waals surface area contributed by atoms with E-state index in [9.17, 15) is 0 Å². The second-order valence-corrected chi connectivity index (χ2v) is 4.69. The predicted octanol–water partition coefficient (Wildman–Crippen LogP) is 3.53. The maximum absolute atomic E-state index is 6.15. The molecule has 1 unspecified atom stereocenters. The second kappa shape index (κ2) is 7.33. The summed E-state index contributed by atoms with van der Waals surface area (Å²) in [7, 11) is 0. The van der Waals surface area contributed by atoms with Crippen molar-refractivity contribution in [2.45, 2.75) is 46.1 Å². The summed E-state index contributed by atoms with van der Waals surface area (Å²) in [5.41, 5.74) is 7.38. The highest BCUT2D eigenvalue weighted by Crippen LogP contribution is 2.16. The first-order valence-corrected chi connectivity index (χ1v) is 6.62. The average molecular weight is 235 g/mol. The molecule has 2 heteroatoms. The number of hydrogen-bond donors (Lipinski definition) is 1. The Kier molecular flexibility index (Phi) is 6.06. The Bertz CT molecular complexity index is 320. The van der Waals surface area contributed by atoms with Crippen molar-refractivity contribution in [1.29, 1.82) is 0 Å². The molecule has 1 atom stereocenters. The third-order valence-electron chi connectivity index (χ3n) is 3.36. The zero-order valence-corrected chi connectivity index (χ0v) is 11.3. The molecule has 0 aliphatic heterocycles. The Labute approximate surface area is 105 Å². The van der Waals surface area contributed by atoms with Gasteiger partial charge in [0.25, 0.3) is 0 Å². The summed E-state index contributed by atoms with van der Waals surface area (Å²) in [6.45, 7) is 7.19. The molecular formula is C15H25NO. The van der Waals surface area contributed by atoms with Crippen LogP contribution in [0.25, 0.3) is 0 Å². The van der Waals surface area contributed by atoms with Gasteiger partial charge in [0, 0.05) is 6.04 Å². The minimum absolute atomic E-state index is 0.259. The molecular weight excluding hydrogens is 210 g/mol. The van der Waals surface area contributed by atoms with Crippen LogP contribution < -0.4 is 10.5 Å². The quantitative estimate of drug-likeness (QED) is 0.784. The highest BCUT2D eigenvalue weighted by molar-refractivity contribution is 5.27. The molecule has 0 spiro atoms. The van der Waals surface area contributed by atoms with Crippen molar-refractivity contribution in [3.05, 3.63) is 29.8 Å². The summed E-state index contributed by atoms with van der Waals surface area (Å²) < 4.78 is 5.72. The summed E-state index contributed by atoms with van der Waals surface area (Å²) in [5, 5.41) is 0. The van der Waals surface area contributed by atoms with Crippen molar-refractivity contribution >= 4 is 0 Å². The molecule has 0 aliphatic carbocycles. The van der Waals surface area contributed by atoms with Crippen molar-refractivity contribution in [3.63, 3.8) is 0 Å². The lowest BCUT2D eigenvalue weighted by Crippen LogP contribution is -2.31. The number of nitrogens with two attached hydrogens (primary N) is 1. The minimum atomic E-state index is 0.259. The molecule has 17 heavy (non-hydrogen) atoms. The summed E-state index contributed by atoms with van der Waals surface area (Å²) in [6, 6.07) is 8.40. The molecule has 0 bridgehead atoms. The molecule has 2 N–H and O–H groups in total. The monoisotopic (exact) mass is 235 g/mol. The van der Waals surface area contributed by atoms with E-state index in [0.29, 0.717) is 12.5 Å². The van der Waals surface area contributed by atoms with Crippen molar-refractivity contribution in [2.24, 2.45) is 11.7 Å². The van der Waals surface area contributed by atoms with Crippen LogP contribution >= 0.6 is 0 Å². The van der Waals surface area contributed by atoms with Crippen LogP contribution in [0.5, 0.6) is 5.75 Å². The zero-order valence-electron chi connectivity index (χ0n) is 11.3. The lowest BCUT2D eigenvalue weighted by molar-refractivity contribution is 0.268. The molecule has 1 aromatic rings. The van der Waals surface area contributed by atoms with Crippen LogP contribution in [0.4, 0.5) is 0 Å². The van der Waals surface area contributed by atoms with E-state index in [1.54, 1.807) is 0 Å². The van der Waals surface area contributed by atoms with Gasteiger partial charge in [-0.25, -0.2) is 0 Å². The number of rotatable bonds is 7. The van der Waals surface area contributed by atoms with Gasteiger partial charge in [-0.3, -0.25) is 0 Å². The van der Waals surface area contributed by atoms with Gasteiger partial charge in [0.05, 0.1) is 6.61 Å². The van der Waals surface area contributed by atoms with Crippen molar-refractivity contribution in [2.75, 3.05) is 6.61 Å². The van der Waals surface area contributed by atoms with Gasteiger partial charge < -0.3 is 10.5 Å². The number of aryl methyl sites for hydroxylation is 1. The van der Waals surface area contributed by atoms with Gasteiger partial charge in [-0.05, 0) is 37.0 Å². The molecule has 0 aromatic heterocycles. The van der Waals surface area contributed by atoms with Crippen molar-refractivity contribution < 1.29 is 4.74 Å². The molecule has 0 aliphatic rings. The highest BCUT2D eigenvalue weighted by atomic mass is 16.5. The molecule has 96 valence electrons. The lowest BCUT2D eigenvalue weighted by atomic mass is 9.93. The van der Waals surface area contributed by atoms with Crippen LogP contribution in [0.3, 0.4) is 0 Å². The van der Waals surface area contributed by atoms with E-state index >= 15 is 0 Å². The normalized spacial score (nSPS) is 12.8. The minimum Gasteiger partial charge on any atom is -0.494 e. The molecule has 0 saturated carbocycles. The van der Waals surface area contributed by atoms with Gasteiger partial charge in [0.2, 0.25) is 0 Å². The van der Waals surface area contributed by atoms with E-state index in [2.05, 4.69) is 32.9 Å². The zero-order chi connectivity index (χ0) is 12.7. The third kappa shape index (κ3) is 4.78. The Morgan fingerprint density at radius 3 is 2.53 bits per heavy atom. The maximum Gasteiger partial charge on any atom is 0.119 e. The van der Waals surface area contributed by atoms with Crippen molar-refractivity contribution in [1.82, 2.24) is 0 Å². The SMILES string of the molecule is CCC(CC)C(N)CCOc1cccc(C)c1. The van der Waals surface area contributed by atoms with E-state index in [0.717, 1.165) is 25.0 Å². The van der Waals surface area contributed by atoms with Crippen LogP contribution in [0, 0.1) is 12.8 Å². The van der Waals surface area contributed by atoms with Gasteiger partial charge >= 0.3 is 0 Å². The van der Waals surface area contributed by atoms with Gasteiger partial charge in [0.1, 0.15) is 5.75 Å². The highest BCUT2D eigenvalue weighted by Gasteiger charge is 2.13. The molecule has 1 rings (SSSR count). The van der Waals surface area contributed by atoms with Crippen LogP contribution in [0.1, 0.15) is 38.7 Å². The molecule has 0 heterocycles. The first-order valence-electron chi connectivity index (χ1n) is 6.62. The largest absolute Gasteiger partial charge is 0.494 e. The number of ether oxygens (including phenoxy) is 1. The molecule has 0 saturated heterocycles. The molecule has 0 radical (unpaired) electrons. The first-order chi connectivity index (χ1) is 8.17. The van der Waals surface area contributed by atoms with Gasteiger partial charge in [-0.1, -0.05) is 38.8 Å².